The van der Waals surface area contributed by atoms with Crippen molar-refractivity contribution in [1.29, 1.82) is 0 Å². The lowest BCUT2D eigenvalue weighted by Crippen LogP contribution is -2.45. The fourth-order valence-corrected chi connectivity index (χ4v) is 1.83. The highest BCUT2D eigenvalue weighted by molar-refractivity contribution is 6.04. The van der Waals surface area contributed by atoms with Crippen LogP contribution in [0.5, 0.6) is 0 Å². The zero-order chi connectivity index (χ0) is 17.6. The Bertz CT molecular complexity index is 593. The second-order valence-electron chi connectivity index (χ2n) is 6.01. The van der Waals surface area contributed by atoms with Crippen LogP contribution in [-0.2, 0) is 9.53 Å². The molecule has 0 fully saturated rings. The standard InChI is InChI=1S/C16H23N3O4/c1-5-11(19-15(22)23-16(2,3)4)14(21)18-12-9-7-6-8-10(12)13(17)20/h6-9,11H,5H2,1-4H3,(H2,17,20)(H,18,21)(H,19,22). The first kappa shape index (κ1) is 18.5. The summed E-state index contributed by atoms with van der Waals surface area (Å²) in [5.41, 5.74) is 5.12. The van der Waals surface area contributed by atoms with Gasteiger partial charge < -0.3 is 21.1 Å². The van der Waals surface area contributed by atoms with E-state index in [1.54, 1.807) is 45.9 Å². The topological polar surface area (TPSA) is 111 Å². The molecule has 7 nitrogen and oxygen atoms in total. The van der Waals surface area contributed by atoms with E-state index in [-0.39, 0.29) is 5.56 Å². The van der Waals surface area contributed by atoms with Gasteiger partial charge in [0.1, 0.15) is 11.6 Å². The average Bonchev–Trinajstić information content (AvgIpc) is 2.43. The van der Waals surface area contributed by atoms with Crippen LogP contribution in [0, 0.1) is 0 Å². The van der Waals surface area contributed by atoms with Gasteiger partial charge in [-0.25, -0.2) is 4.79 Å². The Morgan fingerprint density at radius 3 is 2.35 bits per heavy atom. The zero-order valence-corrected chi connectivity index (χ0v) is 13.8. The molecule has 1 atom stereocenters. The Labute approximate surface area is 135 Å². The lowest BCUT2D eigenvalue weighted by molar-refractivity contribution is -0.118. The summed E-state index contributed by atoms with van der Waals surface area (Å²) in [6.07, 6.45) is -0.313. The lowest BCUT2D eigenvalue weighted by atomic mass is 10.1. The number of benzene rings is 1. The van der Waals surface area contributed by atoms with Gasteiger partial charge in [0.2, 0.25) is 5.91 Å². The van der Waals surface area contributed by atoms with Crippen molar-refractivity contribution >= 4 is 23.6 Å². The minimum absolute atomic E-state index is 0.202. The first-order valence-electron chi connectivity index (χ1n) is 7.33. The molecule has 4 N–H and O–H groups in total. The molecule has 1 unspecified atom stereocenters. The van der Waals surface area contributed by atoms with Crippen molar-refractivity contribution in [2.24, 2.45) is 5.73 Å². The van der Waals surface area contributed by atoms with Crippen LogP contribution in [0.25, 0.3) is 0 Å². The van der Waals surface area contributed by atoms with Crippen LogP contribution in [0.4, 0.5) is 10.5 Å². The van der Waals surface area contributed by atoms with Gasteiger partial charge in [0.15, 0.2) is 0 Å². The maximum Gasteiger partial charge on any atom is 0.408 e. The number of primary amides is 1. The summed E-state index contributed by atoms with van der Waals surface area (Å²) < 4.78 is 5.13. The summed E-state index contributed by atoms with van der Waals surface area (Å²) in [5, 5.41) is 5.10. The molecule has 0 aliphatic carbocycles. The first-order chi connectivity index (χ1) is 10.6. The number of nitrogens with one attached hydrogen (secondary N) is 2. The van der Waals surface area contributed by atoms with Crippen molar-refractivity contribution in [1.82, 2.24) is 5.32 Å². The highest BCUT2D eigenvalue weighted by atomic mass is 16.6. The van der Waals surface area contributed by atoms with E-state index in [2.05, 4.69) is 10.6 Å². The Balaban J connectivity index is 2.79. The number of hydrogen-bond acceptors (Lipinski definition) is 4. The zero-order valence-electron chi connectivity index (χ0n) is 13.8. The molecule has 1 aromatic carbocycles. The number of carbonyl (C=O) groups excluding carboxylic acids is 3. The number of hydrogen-bond donors (Lipinski definition) is 3. The molecule has 0 heterocycles. The first-order valence-corrected chi connectivity index (χ1v) is 7.33. The number of carbonyl (C=O) groups is 3. The van der Waals surface area contributed by atoms with Gasteiger partial charge in [-0.15, -0.1) is 0 Å². The normalized spacial score (nSPS) is 12.2. The molecule has 1 rings (SSSR count). The molecular formula is C16H23N3O4. The molecule has 0 aliphatic heterocycles. The molecule has 1 aromatic rings. The van der Waals surface area contributed by atoms with Crippen molar-refractivity contribution in [3.8, 4) is 0 Å². The number of para-hydroxylation sites is 1. The molecule has 0 bridgehead atoms. The van der Waals surface area contributed by atoms with Crippen LogP contribution >= 0.6 is 0 Å². The molecule has 7 heteroatoms. The van der Waals surface area contributed by atoms with Crippen LogP contribution in [0.1, 0.15) is 44.5 Å². The molecular weight excluding hydrogens is 298 g/mol. The number of rotatable bonds is 5. The minimum atomic E-state index is -0.786. The summed E-state index contributed by atoms with van der Waals surface area (Å²) in [4.78, 5) is 35.4. The molecule has 0 aliphatic rings. The summed E-state index contributed by atoms with van der Waals surface area (Å²) >= 11 is 0. The fraction of sp³-hybridized carbons (Fsp3) is 0.438. The molecule has 126 valence electrons. The van der Waals surface area contributed by atoms with Gasteiger partial charge in [-0.3, -0.25) is 9.59 Å². The SMILES string of the molecule is CCC(NC(=O)OC(C)(C)C)C(=O)Nc1ccccc1C(N)=O. The molecule has 0 aromatic heterocycles. The van der Waals surface area contributed by atoms with Crippen molar-refractivity contribution in [2.75, 3.05) is 5.32 Å². The van der Waals surface area contributed by atoms with Crippen LogP contribution < -0.4 is 16.4 Å². The highest BCUT2D eigenvalue weighted by Gasteiger charge is 2.23. The summed E-state index contributed by atoms with van der Waals surface area (Å²) in [5.74, 6) is -1.10. The van der Waals surface area contributed by atoms with E-state index in [0.717, 1.165) is 0 Å². The number of nitrogens with two attached hydrogens (primary N) is 1. The quantitative estimate of drug-likeness (QED) is 0.770. The maximum atomic E-state index is 12.3. The minimum Gasteiger partial charge on any atom is -0.444 e. The third-order valence-corrected chi connectivity index (χ3v) is 2.87. The van der Waals surface area contributed by atoms with Gasteiger partial charge in [0, 0.05) is 0 Å². The Morgan fingerprint density at radius 2 is 1.83 bits per heavy atom. The maximum absolute atomic E-state index is 12.3. The fourth-order valence-electron chi connectivity index (χ4n) is 1.83. The number of ether oxygens (including phenoxy) is 1. The smallest absolute Gasteiger partial charge is 0.408 e. The van der Waals surface area contributed by atoms with E-state index in [0.29, 0.717) is 12.1 Å². The Morgan fingerprint density at radius 1 is 1.22 bits per heavy atom. The highest BCUT2D eigenvalue weighted by Crippen LogP contribution is 2.15. The molecule has 0 radical (unpaired) electrons. The number of amides is 3. The van der Waals surface area contributed by atoms with E-state index in [9.17, 15) is 14.4 Å². The van der Waals surface area contributed by atoms with Gasteiger partial charge in [-0.05, 0) is 39.3 Å². The van der Waals surface area contributed by atoms with E-state index in [4.69, 9.17) is 10.5 Å². The second kappa shape index (κ2) is 7.62. The Hall–Kier alpha value is -2.57. The van der Waals surface area contributed by atoms with Crippen LogP contribution in [0.3, 0.4) is 0 Å². The van der Waals surface area contributed by atoms with Crippen LogP contribution in [-0.4, -0.2) is 29.6 Å². The van der Waals surface area contributed by atoms with Gasteiger partial charge >= 0.3 is 6.09 Å². The molecule has 0 spiro atoms. The van der Waals surface area contributed by atoms with Crippen molar-refractivity contribution in [3.05, 3.63) is 29.8 Å². The largest absolute Gasteiger partial charge is 0.444 e. The Kier molecular flexibility index (Phi) is 6.12. The lowest BCUT2D eigenvalue weighted by Gasteiger charge is -2.23. The van der Waals surface area contributed by atoms with E-state index in [1.165, 1.54) is 6.07 Å². The van der Waals surface area contributed by atoms with Crippen LogP contribution in [0.2, 0.25) is 0 Å². The summed E-state index contributed by atoms with van der Waals surface area (Å²) in [7, 11) is 0. The predicted molar refractivity (Wildman–Crippen MR) is 87.0 cm³/mol. The van der Waals surface area contributed by atoms with Crippen LogP contribution in [0.15, 0.2) is 24.3 Å². The predicted octanol–water partition coefficient (Wildman–Crippen LogP) is 2.03. The summed E-state index contributed by atoms with van der Waals surface area (Å²) in [6.45, 7) is 6.95. The summed E-state index contributed by atoms with van der Waals surface area (Å²) in [6, 6.07) is 5.61. The third kappa shape index (κ3) is 5.98. The molecule has 23 heavy (non-hydrogen) atoms. The second-order valence-corrected chi connectivity index (χ2v) is 6.01. The average molecular weight is 321 g/mol. The van der Waals surface area contributed by atoms with Gasteiger partial charge in [0.05, 0.1) is 11.3 Å². The van der Waals surface area contributed by atoms with E-state index >= 15 is 0 Å². The van der Waals surface area contributed by atoms with Crippen molar-refractivity contribution in [3.63, 3.8) is 0 Å². The molecule has 3 amide bonds. The van der Waals surface area contributed by atoms with Gasteiger partial charge in [0.25, 0.3) is 5.91 Å². The van der Waals surface area contributed by atoms with Gasteiger partial charge in [-0.2, -0.15) is 0 Å². The van der Waals surface area contributed by atoms with Crippen molar-refractivity contribution < 1.29 is 19.1 Å². The number of anilines is 1. The van der Waals surface area contributed by atoms with E-state index < -0.39 is 29.6 Å². The molecule has 0 saturated heterocycles. The molecule has 0 saturated carbocycles. The van der Waals surface area contributed by atoms with E-state index in [1.807, 2.05) is 0 Å². The monoisotopic (exact) mass is 321 g/mol. The van der Waals surface area contributed by atoms with Gasteiger partial charge in [-0.1, -0.05) is 19.1 Å². The number of alkyl carbamates (subject to hydrolysis) is 1. The third-order valence-electron chi connectivity index (χ3n) is 2.87. The van der Waals surface area contributed by atoms with Crippen molar-refractivity contribution in [2.45, 2.75) is 45.8 Å².